The number of aliphatic hydroxyl groups is 1. The third-order valence-corrected chi connectivity index (χ3v) is 9.59. The van der Waals surface area contributed by atoms with Crippen LogP contribution in [0.3, 0.4) is 0 Å². The van der Waals surface area contributed by atoms with Crippen LogP contribution in [0.2, 0.25) is 0 Å². The van der Waals surface area contributed by atoms with E-state index in [2.05, 4.69) is 19.2 Å². The molecule has 0 rings (SSSR count). The maximum absolute atomic E-state index is 12.5. The van der Waals surface area contributed by atoms with E-state index >= 15 is 0 Å². The lowest BCUT2D eigenvalue weighted by molar-refractivity contribution is -0.122. The highest BCUT2D eigenvalue weighted by Crippen LogP contribution is 2.16. The van der Waals surface area contributed by atoms with Crippen molar-refractivity contribution in [2.24, 2.45) is 0 Å². The first kappa shape index (κ1) is 42.3. The molecule has 7 heteroatoms. The lowest BCUT2D eigenvalue weighted by atomic mass is 10.0. The maximum Gasteiger partial charge on any atom is 0.266 e. The SMILES string of the molecule is CCCCCCCCCCCCCCCCCC(O)C(CS(=O)(=O)O)NC(=O)CCCCCCCCCCCCCCC. The zero-order chi connectivity index (χ0) is 31.9. The molecular formula is C36H73NO5S. The van der Waals surface area contributed by atoms with Crippen molar-refractivity contribution >= 4 is 16.0 Å². The smallest absolute Gasteiger partial charge is 0.266 e. The molecule has 0 aromatic rings. The number of aliphatic hydroxyl groups excluding tert-OH is 1. The van der Waals surface area contributed by atoms with Crippen LogP contribution in [0.5, 0.6) is 0 Å². The lowest BCUT2D eigenvalue weighted by Gasteiger charge is -2.23. The van der Waals surface area contributed by atoms with E-state index in [9.17, 15) is 22.9 Å². The number of nitrogens with one attached hydrogen (secondary N) is 1. The van der Waals surface area contributed by atoms with Gasteiger partial charge in [0.15, 0.2) is 0 Å². The predicted molar refractivity (Wildman–Crippen MR) is 184 cm³/mol. The molecule has 0 aliphatic rings. The molecule has 0 spiro atoms. The van der Waals surface area contributed by atoms with Gasteiger partial charge in [0, 0.05) is 6.42 Å². The van der Waals surface area contributed by atoms with Crippen molar-refractivity contribution in [3.05, 3.63) is 0 Å². The van der Waals surface area contributed by atoms with Crippen LogP contribution in [0.4, 0.5) is 0 Å². The molecule has 1 amide bonds. The lowest BCUT2D eigenvalue weighted by Crippen LogP contribution is -2.47. The molecule has 0 aliphatic heterocycles. The molecule has 0 aliphatic carbocycles. The van der Waals surface area contributed by atoms with Crippen molar-refractivity contribution < 1.29 is 22.9 Å². The number of rotatable bonds is 34. The quantitative estimate of drug-likeness (QED) is 0.0484. The molecule has 0 aromatic heterocycles. The first-order valence-corrected chi connectivity index (χ1v) is 20.3. The third-order valence-electron chi connectivity index (χ3n) is 8.81. The van der Waals surface area contributed by atoms with Crippen LogP contribution in [0.25, 0.3) is 0 Å². The Kier molecular flexibility index (Phi) is 30.8. The van der Waals surface area contributed by atoms with Gasteiger partial charge in [0.2, 0.25) is 5.91 Å². The second kappa shape index (κ2) is 31.3. The molecule has 0 aromatic carbocycles. The molecule has 6 nitrogen and oxygen atoms in total. The van der Waals surface area contributed by atoms with Gasteiger partial charge in [0.25, 0.3) is 10.1 Å². The van der Waals surface area contributed by atoms with Crippen LogP contribution >= 0.6 is 0 Å². The molecule has 258 valence electrons. The molecule has 0 radical (unpaired) electrons. The summed E-state index contributed by atoms with van der Waals surface area (Å²) in [7, 11) is -4.30. The largest absolute Gasteiger partial charge is 0.391 e. The van der Waals surface area contributed by atoms with E-state index in [1.165, 1.54) is 141 Å². The van der Waals surface area contributed by atoms with Crippen LogP contribution in [0.1, 0.15) is 206 Å². The summed E-state index contributed by atoms with van der Waals surface area (Å²) in [6, 6.07) is -0.962. The first-order valence-electron chi connectivity index (χ1n) is 18.7. The Morgan fingerprint density at radius 1 is 0.535 bits per heavy atom. The molecule has 0 saturated carbocycles. The average molecular weight is 632 g/mol. The fourth-order valence-electron chi connectivity index (χ4n) is 5.98. The van der Waals surface area contributed by atoms with Gasteiger partial charge in [0.1, 0.15) is 0 Å². The van der Waals surface area contributed by atoms with Crippen molar-refractivity contribution in [1.29, 1.82) is 0 Å². The Hall–Kier alpha value is -0.660. The summed E-state index contributed by atoms with van der Waals surface area (Å²) in [6.07, 6.45) is 34.7. The monoisotopic (exact) mass is 632 g/mol. The normalized spacial score (nSPS) is 13.3. The zero-order valence-electron chi connectivity index (χ0n) is 28.6. The van der Waals surface area contributed by atoms with Crippen molar-refractivity contribution in [2.75, 3.05) is 5.75 Å². The Labute approximate surface area is 268 Å². The second-order valence-electron chi connectivity index (χ2n) is 13.2. The second-order valence-corrected chi connectivity index (χ2v) is 14.7. The van der Waals surface area contributed by atoms with Gasteiger partial charge in [-0.3, -0.25) is 9.35 Å². The summed E-state index contributed by atoms with van der Waals surface area (Å²) < 4.78 is 32.4. The minimum atomic E-state index is -4.30. The van der Waals surface area contributed by atoms with Crippen LogP contribution in [0.15, 0.2) is 0 Å². The van der Waals surface area contributed by atoms with Gasteiger partial charge in [-0.2, -0.15) is 8.42 Å². The highest BCUT2D eigenvalue weighted by atomic mass is 32.2. The molecule has 2 unspecified atom stereocenters. The number of carbonyl (C=O) groups is 1. The van der Waals surface area contributed by atoms with Gasteiger partial charge in [-0.1, -0.05) is 187 Å². The van der Waals surface area contributed by atoms with Crippen molar-refractivity contribution in [1.82, 2.24) is 5.32 Å². The van der Waals surface area contributed by atoms with Gasteiger partial charge in [0.05, 0.1) is 17.9 Å². The Morgan fingerprint density at radius 2 is 0.837 bits per heavy atom. The Balaban J connectivity index is 3.88. The molecule has 0 bridgehead atoms. The van der Waals surface area contributed by atoms with Crippen LogP contribution in [0, 0.1) is 0 Å². The summed E-state index contributed by atoms with van der Waals surface area (Å²) in [6.45, 7) is 4.51. The maximum atomic E-state index is 12.5. The molecule has 0 heterocycles. The number of unbranched alkanes of at least 4 members (excludes halogenated alkanes) is 26. The highest BCUT2D eigenvalue weighted by molar-refractivity contribution is 7.85. The Morgan fingerprint density at radius 3 is 1.16 bits per heavy atom. The van der Waals surface area contributed by atoms with E-state index in [1.807, 2.05) is 0 Å². The van der Waals surface area contributed by atoms with E-state index in [4.69, 9.17) is 0 Å². The fourth-order valence-corrected chi connectivity index (χ4v) is 6.74. The van der Waals surface area contributed by atoms with Crippen molar-refractivity contribution in [3.8, 4) is 0 Å². The van der Waals surface area contributed by atoms with Gasteiger partial charge < -0.3 is 10.4 Å². The fraction of sp³-hybridized carbons (Fsp3) is 0.972. The van der Waals surface area contributed by atoms with E-state index in [-0.39, 0.29) is 5.91 Å². The third kappa shape index (κ3) is 32.5. The van der Waals surface area contributed by atoms with E-state index in [0.717, 1.165) is 38.5 Å². The summed E-state index contributed by atoms with van der Waals surface area (Å²) in [5, 5.41) is 13.3. The number of carbonyl (C=O) groups excluding carboxylic acids is 1. The zero-order valence-corrected chi connectivity index (χ0v) is 29.4. The van der Waals surface area contributed by atoms with E-state index in [0.29, 0.717) is 12.8 Å². The van der Waals surface area contributed by atoms with E-state index < -0.39 is 28.0 Å². The van der Waals surface area contributed by atoms with Crippen molar-refractivity contribution in [2.45, 2.75) is 219 Å². The van der Waals surface area contributed by atoms with Crippen LogP contribution < -0.4 is 5.32 Å². The molecule has 2 atom stereocenters. The van der Waals surface area contributed by atoms with Crippen LogP contribution in [-0.4, -0.2) is 41.9 Å². The van der Waals surface area contributed by atoms with E-state index in [1.54, 1.807) is 0 Å². The summed E-state index contributed by atoms with van der Waals surface area (Å²) in [5.41, 5.74) is 0. The van der Waals surface area contributed by atoms with Gasteiger partial charge in [-0.25, -0.2) is 0 Å². The molecule has 43 heavy (non-hydrogen) atoms. The van der Waals surface area contributed by atoms with Crippen LogP contribution in [-0.2, 0) is 14.9 Å². The first-order chi connectivity index (χ1) is 20.8. The molecule has 0 fully saturated rings. The predicted octanol–water partition coefficient (Wildman–Crippen LogP) is 10.5. The van der Waals surface area contributed by atoms with Gasteiger partial charge >= 0.3 is 0 Å². The number of hydrogen-bond acceptors (Lipinski definition) is 4. The molecule has 3 N–H and O–H groups in total. The number of amides is 1. The summed E-state index contributed by atoms with van der Waals surface area (Å²) in [5.74, 6) is -0.885. The van der Waals surface area contributed by atoms with Gasteiger partial charge in [-0.05, 0) is 12.8 Å². The molecular weight excluding hydrogens is 558 g/mol. The average Bonchev–Trinajstić information content (AvgIpc) is 2.96. The minimum Gasteiger partial charge on any atom is -0.391 e. The summed E-state index contributed by atoms with van der Waals surface area (Å²) in [4.78, 5) is 12.5. The molecule has 0 saturated heterocycles. The topological polar surface area (TPSA) is 104 Å². The summed E-state index contributed by atoms with van der Waals surface area (Å²) >= 11 is 0. The number of hydrogen-bond donors (Lipinski definition) is 3. The Bertz CT molecular complexity index is 700. The van der Waals surface area contributed by atoms with Gasteiger partial charge in [-0.15, -0.1) is 0 Å². The van der Waals surface area contributed by atoms with Crippen molar-refractivity contribution in [3.63, 3.8) is 0 Å². The minimum absolute atomic E-state index is 0.243. The standard InChI is InChI=1S/C36H73NO5S/c1-3-5-7-9-11-13-15-17-18-20-21-23-25-27-29-31-35(38)34(33-43(40,41)42)37-36(39)32-30-28-26-24-22-19-16-14-12-10-8-6-4-2/h34-35,38H,3-33H2,1-2H3,(H,37,39)(H,40,41,42). The highest BCUT2D eigenvalue weighted by Gasteiger charge is 2.26.